The molecular formula is C10H18O2. The van der Waals surface area contributed by atoms with E-state index in [0.29, 0.717) is 6.10 Å². The van der Waals surface area contributed by atoms with Crippen molar-refractivity contribution in [3.05, 3.63) is 12.3 Å². The summed E-state index contributed by atoms with van der Waals surface area (Å²) in [6, 6.07) is 0. The minimum Gasteiger partial charge on any atom is -0.499 e. The van der Waals surface area contributed by atoms with Crippen molar-refractivity contribution in [1.82, 2.24) is 0 Å². The van der Waals surface area contributed by atoms with Gasteiger partial charge in [0.1, 0.15) is 12.7 Å². The van der Waals surface area contributed by atoms with Crippen molar-refractivity contribution in [1.29, 1.82) is 0 Å². The lowest BCUT2D eigenvalue weighted by atomic mass is 10.2. The van der Waals surface area contributed by atoms with Gasteiger partial charge in [-0.15, -0.1) is 0 Å². The molecule has 12 heavy (non-hydrogen) atoms. The first-order valence-electron chi connectivity index (χ1n) is 4.81. The lowest BCUT2D eigenvalue weighted by Crippen LogP contribution is -1.94. The summed E-state index contributed by atoms with van der Waals surface area (Å²) < 4.78 is 10.2. The number of ether oxygens (including phenoxy) is 2. The minimum absolute atomic E-state index is 0.380. The van der Waals surface area contributed by atoms with Crippen LogP contribution in [0, 0.1) is 0 Å². The van der Waals surface area contributed by atoms with Gasteiger partial charge in [-0.2, -0.15) is 0 Å². The molecule has 0 aromatic carbocycles. The van der Waals surface area contributed by atoms with Gasteiger partial charge >= 0.3 is 0 Å². The molecule has 1 saturated heterocycles. The van der Waals surface area contributed by atoms with Crippen molar-refractivity contribution < 1.29 is 9.47 Å². The molecule has 1 fully saturated rings. The highest BCUT2D eigenvalue weighted by atomic mass is 16.6. The van der Waals surface area contributed by atoms with Crippen LogP contribution in [0.4, 0.5) is 0 Å². The summed E-state index contributed by atoms with van der Waals surface area (Å²) in [7, 11) is 0. The van der Waals surface area contributed by atoms with Gasteiger partial charge in [-0.25, -0.2) is 0 Å². The van der Waals surface area contributed by atoms with E-state index in [0.717, 1.165) is 19.6 Å². The Labute approximate surface area is 74.6 Å². The predicted octanol–water partition coefficient (Wildman–Crippen LogP) is 2.50. The summed E-state index contributed by atoms with van der Waals surface area (Å²) in [5.74, 6) is 0. The maximum Gasteiger partial charge on any atom is 0.116 e. The average Bonchev–Trinajstić information content (AvgIpc) is 2.87. The fourth-order valence-corrected chi connectivity index (χ4v) is 0.975. The number of hydrogen-bond acceptors (Lipinski definition) is 2. The molecule has 1 unspecified atom stereocenters. The molecule has 0 spiro atoms. The van der Waals surface area contributed by atoms with Crippen LogP contribution < -0.4 is 0 Å². The van der Waals surface area contributed by atoms with Crippen LogP contribution in [0.15, 0.2) is 12.3 Å². The van der Waals surface area contributed by atoms with Crippen LogP contribution in [0.2, 0.25) is 0 Å². The zero-order valence-electron chi connectivity index (χ0n) is 7.79. The van der Waals surface area contributed by atoms with Gasteiger partial charge in [0.05, 0.1) is 12.9 Å². The van der Waals surface area contributed by atoms with Gasteiger partial charge in [0, 0.05) is 0 Å². The Bertz CT molecular complexity index is 128. The van der Waals surface area contributed by atoms with Crippen molar-refractivity contribution in [2.45, 2.75) is 38.7 Å². The smallest absolute Gasteiger partial charge is 0.116 e. The van der Waals surface area contributed by atoms with Crippen LogP contribution >= 0.6 is 0 Å². The van der Waals surface area contributed by atoms with Crippen LogP contribution in [0.1, 0.15) is 32.6 Å². The Kier molecular flexibility index (Phi) is 4.85. The molecule has 1 rings (SSSR count). The van der Waals surface area contributed by atoms with Gasteiger partial charge < -0.3 is 9.47 Å². The van der Waals surface area contributed by atoms with Crippen molar-refractivity contribution in [2.75, 3.05) is 13.2 Å². The zero-order valence-corrected chi connectivity index (χ0v) is 7.79. The van der Waals surface area contributed by atoms with E-state index in [9.17, 15) is 0 Å². The minimum atomic E-state index is 0.380. The Balaban J connectivity index is 1.77. The first-order valence-corrected chi connectivity index (χ1v) is 4.81. The second-order valence-corrected chi connectivity index (χ2v) is 3.16. The van der Waals surface area contributed by atoms with Crippen molar-refractivity contribution in [3.63, 3.8) is 0 Å². The van der Waals surface area contributed by atoms with Crippen molar-refractivity contribution >= 4 is 0 Å². The average molecular weight is 170 g/mol. The van der Waals surface area contributed by atoms with Gasteiger partial charge in [-0.1, -0.05) is 19.8 Å². The molecule has 1 heterocycles. The highest BCUT2D eigenvalue weighted by Crippen LogP contribution is 2.08. The Morgan fingerprint density at radius 2 is 2.33 bits per heavy atom. The molecule has 0 amide bonds. The van der Waals surface area contributed by atoms with Crippen LogP contribution in [-0.2, 0) is 9.47 Å². The summed E-state index contributed by atoms with van der Waals surface area (Å²) in [5, 5.41) is 0. The van der Waals surface area contributed by atoms with Crippen LogP contribution in [0.3, 0.4) is 0 Å². The number of rotatable bonds is 7. The molecule has 0 aliphatic carbocycles. The van der Waals surface area contributed by atoms with Crippen LogP contribution in [0.5, 0.6) is 0 Å². The topological polar surface area (TPSA) is 21.8 Å². The molecule has 2 heteroatoms. The van der Waals surface area contributed by atoms with Crippen LogP contribution in [-0.4, -0.2) is 19.3 Å². The number of hydrogen-bond donors (Lipinski definition) is 0. The summed E-state index contributed by atoms with van der Waals surface area (Å²) in [6.45, 7) is 3.82. The van der Waals surface area contributed by atoms with Crippen molar-refractivity contribution in [2.24, 2.45) is 0 Å². The van der Waals surface area contributed by atoms with E-state index in [4.69, 9.17) is 9.47 Å². The Hall–Kier alpha value is -0.500. The van der Waals surface area contributed by atoms with Crippen molar-refractivity contribution in [3.8, 4) is 0 Å². The zero-order chi connectivity index (χ0) is 8.65. The van der Waals surface area contributed by atoms with E-state index in [-0.39, 0.29) is 0 Å². The summed E-state index contributed by atoms with van der Waals surface area (Å²) >= 11 is 0. The van der Waals surface area contributed by atoms with E-state index < -0.39 is 0 Å². The molecule has 1 atom stereocenters. The second-order valence-electron chi connectivity index (χ2n) is 3.16. The Morgan fingerprint density at radius 1 is 1.50 bits per heavy atom. The molecule has 2 nitrogen and oxygen atoms in total. The molecule has 0 aromatic heterocycles. The van der Waals surface area contributed by atoms with E-state index in [2.05, 4.69) is 13.0 Å². The first-order chi connectivity index (χ1) is 5.93. The fraction of sp³-hybridized carbons (Fsp3) is 0.800. The summed E-state index contributed by atoms with van der Waals surface area (Å²) in [6.07, 6.45) is 9.29. The third-order valence-corrected chi connectivity index (χ3v) is 1.85. The molecule has 1 aliphatic heterocycles. The number of unbranched alkanes of at least 4 members (excludes halogenated alkanes) is 3. The second kappa shape index (κ2) is 6.06. The van der Waals surface area contributed by atoms with E-state index in [1.165, 1.54) is 19.3 Å². The molecule has 1 aliphatic rings. The lowest BCUT2D eigenvalue weighted by molar-refractivity contribution is 0.211. The van der Waals surface area contributed by atoms with Gasteiger partial charge in [-0.05, 0) is 18.9 Å². The van der Waals surface area contributed by atoms with E-state index >= 15 is 0 Å². The van der Waals surface area contributed by atoms with Gasteiger partial charge in [0.2, 0.25) is 0 Å². The highest BCUT2D eigenvalue weighted by Gasteiger charge is 2.22. The molecule has 0 N–H and O–H groups in total. The van der Waals surface area contributed by atoms with Gasteiger partial charge in [0.15, 0.2) is 0 Å². The standard InChI is InChI=1S/C10H18O2/c1-2-3-4-5-6-7-11-8-10-9-12-10/h6-7,10H,2-5,8-9H2,1H3. The van der Waals surface area contributed by atoms with E-state index in [1.54, 1.807) is 6.26 Å². The SMILES string of the molecule is CCCCCC=COCC1CO1. The number of allylic oxidation sites excluding steroid dienone is 1. The predicted molar refractivity (Wildman–Crippen MR) is 49.0 cm³/mol. The summed E-state index contributed by atoms with van der Waals surface area (Å²) in [5.41, 5.74) is 0. The monoisotopic (exact) mass is 170 g/mol. The molecule has 70 valence electrons. The first kappa shape index (κ1) is 9.59. The third-order valence-electron chi connectivity index (χ3n) is 1.85. The molecule has 0 saturated carbocycles. The summed E-state index contributed by atoms with van der Waals surface area (Å²) in [4.78, 5) is 0. The van der Waals surface area contributed by atoms with Gasteiger partial charge in [-0.3, -0.25) is 0 Å². The normalized spacial score (nSPS) is 21.6. The van der Waals surface area contributed by atoms with E-state index in [1.807, 2.05) is 0 Å². The quantitative estimate of drug-likeness (QED) is 0.332. The maximum atomic E-state index is 5.23. The molecule has 0 radical (unpaired) electrons. The number of epoxide rings is 1. The fourth-order valence-electron chi connectivity index (χ4n) is 0.975. The Morgan fingerprint density at radius 3 is 3.00 bits per heavy atom. The molecule has 0 bridgehead atoms. The molecule has 0 aromatic rings. The van der Waals surface area contributed by atoms with Gasteiger partial charge in [0.25, 0.3) is 0 Å². The maximum absolute atomic E-state index is 5.23. The van der Waals surface area contributed by atoms with Crippen LogP contribution in [0.25, 0.3) is 0 Å². The molecular weight excluding hydrogens is 152 g/mol. The lowest BCUT2D eigenvalue weighted by Gasteiger charge is -1.95. The highest BCUT2D eigenvalue weighted by molar-refractivity contribution is 4.75. The third kappa shape index (κ3) is 5.19. The largest absolute Gasteiger partial charge is 0.499 e.